The Hall–Kier alpha value is -2.72. The fourth-order valence-corrected chi connectivity index (χ4v) is 4.03. The van der Waals surface area contributed by atoms with Crippen molar-refractivity contribution >= 4 is 23.0 Å². The van der Waals surface area contributed by atoms with Gasteiger partial charge in [0.25, 0.3) is 5.91 Å². The SMILES string of the molecule is CCc1ccc(C2=NN(C(=O)c3ccccc3)C(c3cccs3)C2)cc1. The standard InChI is InChI=1S/C22H20N2OS/c1-2-16-10-12-17(13-11-16)19-15-20(21-9-6-14-26-21)24(23-19)22(25)18-7-4-3-5-8-18/h3-14,20H,2,15H2,1H3. The lowest BCUT2D eigenvalue weighted by Crippen LogP contribution is -2.26. The summed E-state index contributed by atoms with van der Waals surface area (Å²) in [7, 11) is 0. The molecule has 4 heteroatoms. The molecular weight excluding hydrogens is 340 g/mol. The first-order valence-electron chi connectivity index (χ1n) is 8.85. The second-order valence-corrected chi connectivity index (χ2v) is 7.33. The van der Waals surface area contributed by atoms with Gasteiger partial charge in [0, 0.05) is 16.9 Å². The fourth-order valence-electron chi connectivity index (χ4n) is 3.22. The molecule has 1 aliphatic rings. The first kappa shape index (κ1) is 16.7. The predicted molar refractivity (Wildman–Crippen MR) is 107 cm³/mol. The zero-order chi connectivity index (χ0) is 17.9. The predicted octanol–water partition coefficient (Wildman–Crippen LogP) is 5.30. The zero-order valence-electron chi connectivity index (χ0n) is 14.6. The number of hydrogen-bond donors (Lipinski definition) is 0. The molecule has 0 bridgehead atoms. The Morgan fingerprint density at radius 1 is 1.08 bits per heavy atom. The molecule has 2 heterocycles. The number of thiophene rings is 1. The van der Waals surface area contributed by atoms with E-state index in [0.717, 1.165) is 24.1 Å². The van der Waals surface area contributed by atoms with Crippen molar-refractivity contribution in [2.45, 2.75) is 25.8 Å². The van der Waals surface area contributed by atoms with Gasteiger partial charge in [-0.3, -0.25) is 4.79 Å². The van der Waals surface area contributed by atoms with Crippen LogP contribution in [-0.2, 0) is 6.42 Å². The van der Waals surface area contributed by atoms with E-state index in [1.807, 2.05) is 36.4 Å². The van der Waals surface area contributed by atoms with Crippen LogP contribution in [0.25, 0.3) is 0 Å². The molecule has 0 radical (unpaired) electrons. The van der Waals surface area contributed by atoms with E-state index in [9.17, 15) is 4.79 Å². The summed E-state index contributed by atoms with van der Waals surface area (Å²) in [6.45, 7) is 2.15. The van der Waals surface area contributed by atoms with E-state index in [-0.39, 0.29) is 11.9 Å². The van der Waals surface area contributed by atoms with Crippen LogP contribution in [0.5, 0.6) is 0 Å². The summed E-state index contributed by atoms with van der Waals surface area (Å²) in [4.78, 5) is 14.2. The summed E-state index contributed by atoms with van der Waals surface area (Å²) in [6.07, 6.45) is 1.76. The number of rotatable bonds is 4. The van der Waals surface area contributed by atoms with Crippen LogP contribution >= 0.6 is 11.3 Å². The molecular formula is C22H20N2OS. The van der Waals surface area contributed by atoms with Gasteiger partial charge in [0.05, 0.1) is 11.8 Å². The normalized spacial score (nSPS) is 16.6. The highest BCUT2D eigenvalue weighted by molar-refractivity contribution is 7.10. The minimum Gasteiger partial charge on any atom is -0.267 e. The average molecular weight is 360 g/mol. The molecule has 4 rings (SSSR count). The Labute approximate surface area is 157 Å². The third-order valence-electron chi connectivity index (χ3n) is 4.71. The summed E-state index contributed by atoms with van der Waals surface area (Å²) in [5.74, 6) is -0.0517. The van der Waals surface area contributed by atoms with Crippen molar-refractivity contribution in [1.29, 1.82) is 0 Å². The highest BCUT2D eigenvalue weighted by Gasteiger charge is 2.34. The van der Waals surface area contributed by atoms with Crippen LogP contribution in [0, 0.1) is 0 Å². The van der Waals surface area contributed by atoms with E-state index in [0.29, 0.717) is 5.56 Å². The van der Waals surface area contributed by atoms with Gasteiger partial charge in [0.15, 0.2) is 0 Å². The minimum absolute atomic E-state index is 0.0384. The van der Waals surface area contributed by atoms with Gasteiger partial charge in [-0.2, -0.15) is 5.10 Å². The molecule has 0 N–H and O–H groups in total. The Balaban J connectivity index is 1.69. The summed E-state index contributed by atoms with van der Waals surface area (Å²) in [6, 6.07) is 22.0. The third kappa shape index (κ3) is 3.20. The smallest absolute Gasteiger partial charge is 0.267 e. The maximum atomic E-state index is 13.1. The van der Waals surface area contributed by atoms with Gasteiger partial charge in [-0.05, 0) is 41.1 Å². The van der Waals surface area contributed by atoms with Crippen molar-refractivity contribution in [3.63, 3.8) is 0 Å². The van der Waals surface area contributed by atoms with E-state index in [2.05, 4.69) is 42.6 Å². The van der Waals surface area contributed by atoms with Crippen molar-refractivity contribution in [1.82, 2.24) is 5.01 Å². The molecule has 3 aromatic rings. The molecule has 2 aromatic carbocycles. The first-order valence-corrected chi connectivity index (χ1v) is 9.73. The van der Waals surface area contributed by atoms with E-state index in [4.69, 9.17) is 5.10 Å². The molecule has 26 heavy (non-hydrogen) atoms. The molecule has 3 nitrogen and oxygen atoms in total. The lowest BCUT2D eigenvalue weighted by atomic mass is 10.0. The third-order valence-corrected chi connectivity index (χ3v) is 5.68. The van der Waals surface area contributed by atoms with Gasteiger partial charge in [-0.25, -0.2) is 5.01 Å². The van der Waals surface area contributed by atoms with Crippen molar-refractivity contribution in [2.75, 3.05) is 0 Å². The fraction of sp³-hybridized carbons (Fsp3) is 0.182. The average Bonchev–Trinajstić information content (AvgIpc) is 3.38. The number of benzene rings is 2. The van der Waals surface area contributed by atoms with E-state index < -0.39 is 0 Å². The lowest BCUT2D eigenvalue weighted by molar-refractivity contribution is 0.0714. The molecule has 0 spiro atoms. The summed E-state index contributed by atoms with van der Waals surface area (Å²) in [5, 5.41) is 8.44. The van der Waals surface area contributed by atoms with Gasteiger partial charge < -0.3 is 0 Å². The Bertz CT molecular complexity index is 915. The molecule has 1 aliphatic heterocycles. The molecule has 130 valence electrons. The number of hydrazone groups is 1. The highest BCUT2D eigenvalue weighted by atomic mass is 32.1. The monoisotopic (exact) mass is 360 g/mol. The van der Waals surface area contributed by atoms with Crippen LogP contribution in [0.3, 0.4) is 0 Å². The largest absolute Gasteiger partial charge is 0.274 e. The van der Waals surface area contributed by atoms with E-state index in [1.165, 1.54) is 10.4 Å². The topological polar surface area (TPSA) is 32.7 Å². The van der Waals surface area contributed by atoms with Crippen molar-refractivity contribution in [2.24, 2.45) is 5.10 Å². The highest BCUT2D eigenvalue weighted by Crippen LogP contribution is 2.36. The number of carbonyl (C=O) groups excluding carboxylic acids is 1. The molecule has 0 saturated carbocycles. The maximum absolute atomic E-state index is 13.1. The lowest BCUT2D eigenvalue weighted by Gasteiger charge is -2.20. The number of hydrogen-bond acceptors (Lipinski definition) is 3. The Kier molecular flexibility index (Phi) is 4.67. The number of carbonyl (C=O) groups is 1. The quantitative estimate of drug-likeness (QED) is 0.621. The summed E-state index contributed by atoms with van der Waals surface area (Å²) < 4.78 is 0. The van der Waals surface area contributed by atoms with Gasteiger partial charge >= 0.3 is 0 Å². The molecule has 0 fully saturated rings. The number of amides is 1. The van der Waals surface area contributed by atoms with Crippen LogP contribution in [0.15, 0.2) is 77.2 Å². The van der Waals surface area contributed by atoms with Gasteiger partial charge in [0.1, 0.15) is 0 Å². The first-order chi connectivity index (χ1) is 12.8. The molecule has 1 unspecified atom stereocenters. The molecule has 1 atom stereocenters. The van der Waals surface area contributed by atoms with Crippen molar-refractivity contribution in [3.8, 4) is 0 Å². The van der Waals surface area contributed by atoms with Gasteiger partial charge in [0.2, 0.25) is 0 Å². The van der Waals surface area contributed by atoms with Crippen molar-refractivity contribution < 1.29 is 4.79 Å². The Morgan fingerprint density at radius 3 is 2.50 bits per heavy atom. The van der Waals surface area contributed by atoms with Crippen LogP contribution in [0.4, 0.5) is 0 Å². The van der Waals surface area contributed by atoms with E-state index >= 15 is 0 Å². The minimum atomic E-state index is -0.0517. The zero-order valence-corrected chi connectivity index (χ0v) is 15.4. The summed E-state index contributed by atoms with van der Waals surface area (Å²) >= 11 is 1.67. The number of aryl methyl sites for hydroxylation is 1. The summed E-state index contributed by atoms with van der Waals surface area (Å²) in [5.41, 5.74) is 4.03. The second kappa shape index (κ2) is 7.26. The Morgan fingerprint density at radius 2 is 1.85 bits per heavy atom. The second-order valence-electron chi connectivity index (χ2n) is 6.35. The molecule has 0 aliphatic carbocycles. The van der Waals surface area contributed by atoms with Crippen LogP contribution in [0.2, 0.25) is 0 Å². The van der Waals surface area contributed by atoms with Gasteiger partial charge in [-0.1, -0.05) is 55.5 Å². The molecule has 0 saturated heterocycles. The van der Waals surface area contributed by atoms with E-state index in [1.54, 1.807) is 16.3 Å². The molecule has 1 aromatic heterocycles. The van der Waals surface area contributed by atoms with Crippen LogP contribution in [0.1, 0.15) is 45.7 Å². The van der Waals surface area contributed by atoms with Gasteiger partial charge in [-0.15, -0.1) is 11.3 Å². The van der Waals surface area contributed by atoms with Crippen LogP contribution < -0.4 is 0 Å². The molecule has 1 amide bonds. The maximum Gasteiger partial charge on any atom is 0.274 e. The number of nitrogens with zero attached hydrogens (tertiary/aromatic N) is 2. The van der Waals surface area contributed by atoms with Crippen molar-refractivity contribution in [3.05, 3.63) is 93.7 Å². The van der Waals surface area contributed by atoms with Crippen LogP contribution in [-0.4, -0.2) is 16.6 Å².